The van der Waals surface area contributed by atoms with E-state index in [9.17, 15) is 4.39 Å². The third-order valence-corrected chi connectivity index (χ3v) is 5.60. The Morgan fingerprint density at radius 3 is 2.12 bits per heavy atom. The Balaban J connectivity index is 1.57. The molecule has 0 spiro atoms. The molecule has 0 atom stereocenters. The molecule has 1 saturated carbocycles. The molecule has 0 amide bonds. The van der Waals surface area contributed by atoms with Gasteiger partial charge in [-0.2, -0.15) is 15.0 Å². The van der Waals surface area contributed by atoms with Crippen molar-refractivity contribution in [2.45, 2.75) is 57.5 Å². The Hall–Kier alpha value is -2.56. The topological polar surface area (TPSA) is 119 Å². The lowest BCUT2D eigenvalue weighted by Crippen LogP contribution is -2.23. The second kappa shape index (κ2) is 15.4. The number of halogens is 1. The smallest absolute Gasteiger partial charge is 0.229 e. The highest BCUT2D eigenvalue weighted by Gasteiger charge is 2.14. The van der Waals surface area contributed by atoms with Gasteiger partial charge in [0.2, 0.25) is 17.8 Å². The second-order valence-corrected chi connectivity index (χ2v) is 8.41. The lowest BCUT2D eigenvalue weighted by Gasteiger charge is -2.21. The molecule has 5 N–H and O–H groups in total. The third kappa shape index (κ3) is 10.1. The van der Waals surface area contributed by atoms with Crippen molar-refractivity contribution < 1.29 is 13.9 Å². The van der Waals surface area contributed by atoms with Crippen molar-refractivity contribution in [2.75, 3.05) is 55.5 Å². The largest absolute Gasteiger partial charge is 0.378 e. The molecule has 0 aliphatic heterocycles. The summed E-state index contributed by atoms with van der Waals surface area (Å²) < 4.78 is 24.1. The van der Waals surface area contributed by atoms with Crippen LogP contribution in [0.25, 0.3) is 0 Å². The van der Waals surface area contributed by atoms with Crippen molar-refractivity contribution in [3.8, 4) is 0 Å². The van der Waals surface area contributed by atoms with E-state index in [1.54, 1.807) is 12.1 Å². The minimum Gasteiger partial charge on any atom is -0.378 e. The second-order valence-electron chi connectivity index (χ2n) is 8.41. The van der Waals surface area contributed by atoms with E-state index < -0.39 is 0 Å². The van der Waals surface area contributed by atoms with Crippen molar-refractivity contribution in [3.05, 3.63) is 35.6 Å². The lowest BCUT2D eigenvalue weighted by molar-refractivity contribution is 0.0547. The molecule has 1 aliphatic rings. The first kappa shape index (κ1) is 26.1. The number of benzene rings is 1. The average Bonchev–Trinajstić information content (AvgIpc) is 2.82. The molecule has 188 valence electrons. The maximum absolute atomic E-state index is 13.2. The number of nitrogens with one attached hydrogen (secondary N) is 3. The summed E-state index contributed by atoms with van der Waals surface area (Å²) in [6.07, 6.45) is 8.56. The molecule has 1 aromatic heterocycles. The quantitative estimate of drug-likeness (QED) is 0.304. The zero-order chi connectivity index (χ0) is 23.8. The third-order valence-electron chi connectivity index (χ3n) is 5.60. The van der Waals surface area contributed by atoms with Crippen molar-refractivity contribution in [1.29, 1.82) is 0 Å². The Morgan fingerprint density at radius 1 is 0.794 bits per heavy atom. The van der Waals surface area contributed by atoms with Gasteiger partial charge < -0.3 is 31.2 Å². The minimum atomic E-state index is -0.255. The zero-order valence-corrected chi connectivity index (χ0v) is 19.9. The van der Waals surface area contributed by atoms with E-state index >= 15 is 0 Å². The molecule has 0 bridgehead atoms. The first-order valence-corrected chi connectivity index (χ1v) is 12.3. The molecule has 0 unspecified atom stereocenters. The molecule has 3 rings (SSSR count). The standard InChI is InChI=1S/C24H38FN7O2/c25-20-10-8-19(9-11-20)18-28-23-30-22(27-13-15-34-17-16-33-14-12-26)31-24(32-23)29-21-6-4-2-1-3-5-7-21/h8-11,21H,1-7,12-18,26H2,(H3,27,28,29,30,31,32). The molecule has 1 fully saturated rings. The van der Waals surface area contributed by atoms with Crippen molar-refractivity contribution >= 4 is 17.8 Å². The van der Waals surface area contributed by atoms with E-state index in [1.165, 1.54) is 44.2 Å². The fourth-order valence-corrected chi connectivity index (χ4v) is 3.81. The van der Waals surface area contributed by atoms with Gasteiger partial charge >= 0.3 is 0 Å². The Bertz CT molecular complexity index is 817. The van der Waals surface area contributed by atoms with Gasteiger partial charge in [0, 0.05) is 25.7 Å². The van der Waals surface area contributed by atoms with Crippen molar-refractivity contribution in [1.82, 2.24) is 15.0 Å². The molecule has 1 aliphatic carbocycles. The summed E-state index contributed by atoms with van der Waals surface area (Å²) >= 11 is 0. The predicted octanol–water partition coefficient (Wildman–Crippen LogP) is 3.55. The van der Waals surface area contributed by atoms with Crippen LogP contribution in [0, 0.1) is 5.82 Å². The van der Waals surface area contributed by atoms with Gasteiger partial charge in [-0.05, 0) is 30.5 Å². The highest BCUT2D eigenvalue weighted by molar-refractivity contribution is 5.43. The van der Waals surface area contributed by atoms with Gasteiger partial charge in [-0.3, -0.25) is 0 Å². The monoisotopic (exact) mass is 475 g/mol. The Kier molecular flexibility index (Phi) is 11.8. The van der Waals surface area contributed by atoms with Crippen molar-refractivity contribution in [2.24, 2.45) is 5.73 Å². The number of hydrogen-bond acceptors (Lipinski definition) is 9. The molecule has 9 nitrogen and oxygen atoms in total. The van der Waals surface area contributed by atoms with E-state index in [1.807, 2.05) is 0 Å². The van der Waals surface area contributed by atoms with Crippen LogP contribution >= 0.6 is 0 Å². The molecule has 1 aromatic carbocycles. The van der Waals surface area contributed by atoms with Crippen LogP contribution in [0.15, 0.2) is 24.3 Å². The number of rotatable bonds is 14. The Labute approximate surface area is 201 Å². The molecule has 1 heterocycles. The summed E-state index contributed by atoms with van der Waals surface area (Å²) in [7, 11) is 0. The summed E-state index contributed by atoms with van der Waals surface area (Å²) in [5.74, 6) is 1.24. The first-order chi connectivity index (χ1) is 16.7. The van der Waals surface area contributed by atoms with Gasteiger partial charge in [0.05, 0.1) is 26.4 Å². The van der Waals surface area contributed by atoms with E-state index in [0.717, 1.165) is 18.4 Å². The number of nitrogens with two attached hydrogens (primary N) is 1. The number of hydrogen-bond donors (Lipinski definition) is 4. The van der Waals surface area contributed by atoms with Crippen molar-refractivity contribution in [3.63, 3.8) is 0 Å². The molecular weight excluding hydrogens is 437 g/mol. The fourth-order valence-electron chi connectivity index (χ4n) is 3.81. The normalized spacial score (nSPS) is 14.9. The van der Waals surface area contributed by atoms with Gasteiger partial charge in [-0.1, -0.05) is 44.2 Å². The summed E-state index contributed by atoms with van der Waals surface area (Å²) in [5.41, 5.74) is 6.33. The zero-order valence-electron chi connectivity index (χ0n) is 19.9. The molecule has 2 aromatic rings. The van der Waals surface area contributed by atoms with Crippen LogP contribution < -0.4 is 21.7 Å². The van der Waals surface area contributed by atoms with E-state index in [-0.39, 0.29) is 5.82 Å². The molecule has 0 radical (unpaired) electrons. The number of aromatic nitrogens is 3. The van der Waals surface area contributed by atoms with Crippen LogP contribution in [0.3, 0.4) is 0 Å². The number of anilines is 3. The Morgan fingerprint density at radius 2 is 1.41 bits per heavy atom. The van der Waals surface area contributed by atoms with Crippen LogP contribution in [-0.4, -0.2) is 60.5 Å². The lowest BCUT2D eigenvalue weighted by atomic mass is 9.97. The minimum absolute atomic E-state index is 0.255. The SMILES string of the molecule is NCCOCCOCCNc1nc(NCc2ccc(F)cc2)nc(NC2CCCCCCC2)n1. The van der Waals surface area contributed by atoms with Crippen LogP contribution in [0.2, 0.25) is 0 Å². The number of ether oxygens (including phenoxy) is 2. The molecule has 0 saturated heterocycles. The maximum atomic E-state index is 13.2. The predicted molar refractivity (Wildman–Crippen MR) is 132 cm³/mol. The summed E-state index contributed by atoms with van der Waals surface area (Å²) in [6.45, 7) is 3.63. The fraction of sp³-hybridized carbons (Fsp3) is 0.625. The van der Waals surface area contributed by atoms with Gasteiger partial charge in [0.15, 0.2) is 0 Å². The van der Waals surface area contributed by atoms with Crippen LogP contribution in [-0.2, 0) is 16.0 Å². The average molecular weight is 476 g/mol. The molecule has 34 heavy (non-hydrogen) atoms. The van der Waals surface area contributed by atoms with Gasteiger partial charge in [0.25, 0.3) is 0 Å². The summed E-state index contributed by atoms with van der Waals surface area (Å²) in [4.78, 5) is 13.7. The maximum Gasteiger partial charge on any atom is 0.229 e. The number of nitrogens with zero attached hydrogens (tertiary/aromatic N) is 3. The summed E-state index contributed by atoms with van der Waals surface area (Å²) in [6, 6.07) is 6.73. The van der Waals surface area contributed by atoms with Gasteiger partial charge in [-0.25, -0.2) is 4.39 Å². The van der Waals surface area contributed by atoms with E-state index in [0.29, 0.717) is 69.9 Å². The van der Waals surface area contributed by atoms with Crippen LogP contribution in [0.4, 0.5) is 22.2 Å². The van der Waals surface area contributed by atoms with Gasteiger partial charge in [0.1, 0.15) is 5.82 Å². The van der Waals surface area contributed by atoms with E-state index in [4.69, 9.17) is 15.2 Å². The van der Waals surface area contributed by atoms with E-state index in [2.05, 4.69) is 30.9 Å². The molecule has 10 heteroatoms. The highest BCUT2D eigenvalue weighted by atomic mass is 19.1. The van der Waals surface area contributed by atoms with Crippen LogP contribution in [0.1, 0.15) is 50.5 Å². The summed E-state index contributed by atoms with van der Waals surface area (Å²) in [5, 5.41) is 9.96. The highest BCUT2D eigenvalue weighted by Crippen LogP contribution is 2.20. The first-order valence-electron chi connectivity index (χ1n) is 12.3. The molecular formula is C24H38FN7O2. The van der Waals surface area contributed by atoms with Crippen LogP contribution in [0.5, 0.6) is 0 Å². The van der Waals surface area contributed by atoms with Gasteiger partial charge in [-0.15, -0.1) is 0 Å².